The first-order chi connectivity index (χ1) is 17.5. The summed E-state index contributed by atoms with van der Waals surface area (Å²) >= 11 is 0. The molecule has 8 heteroatoms. The summed E-state index contributed by atoms with van der Waals surface area (Å²) in [5, 5.41) is 5.10. The highest BCUT2D eigenvalue weighted by atomic mass is 19.4. The van der Waals surface area contributed by atoms with Crippen molar-refractivity contribution >= 4 is 16.9 Å². The molecule has 0 aliphatic rings. The number of nitrogens with zero attached hydrogens (tertiary/aromatic N) is 1. The van der Waals surface area contributed by atoms with Gasteiger partial charge in [0.05, 0.1) is 17.9 Å². The number of hydrogen-bond donors (Lipinski definition) is 0. The molecule has 0 bridgehead atoms. The van der Waals surface area contributed by atoms with Crippen molar-refractivity contribution < 1.29 is 32.0 Å². The van der Waals surface area contributed by atoms with Crippen molar-refractivity contribution in [3.8, 4) is 16.9 Å². The maximum Gasteiger partial charge on any atom is 0.416 e. The molecule has 0 amide bonds. The Balaban J connectivity index is 1.49. The highest BCUT2D eigenvalue weighted by Gasteiger charge is 2.32. The normalized spacial score (nSPS) is 12.1. The Morgan fingerprint density at radius 2 is 1.70 bits per heavy atom. The number of fused-ring (bicyclic) bond motifs is 1. The number of aryl methyl sites for hydroxylation is 3. The van der Waals surface area contributed by atoms with E-state index in [9.17, 15) is 18.0 Å². The van der Waals surface area contributed by atoms with E-state index in [1.165, 1.54) is 12.1 Å². The van der Waals surface area contributed by atoms with Crippen molar-refractivity contribution in [2.75, 3.05) is 6.61 Å². The summed E-state index contributed by atoms with van der Waals surface area (Å²) in [6.07, 6.45) is -3.08. The third-order valence-corrected chi connectivity index (χ3v) is 6.10. The number of ether oxygens (including phenoxy) is 2. The van der Waals surface area contributed by atoms with Crippen LogP contribution in [0.2, 0.25) is 0 Å². The van der Waals surface area contributed by atoms with Crippen LogP contribution in [0.1, 0.15) is 43.2 Å². The van der Waals surface area contributed by atoms with Crippen LogP contribution in [0, 0.1) is 6.92 Å². The van der Waals surface area contributed by atoms with E-state index in [1.807, 2.05) is 37.3 Å². The fourth-order valence-corrected chi connectivity index (χ4v) is 4.06. The lowest BCUT2D eigenvalue weighted by Crippen LogP contribution is -2.39. The Morgan fingerprint density at radius 3 is 2.38 bits per heavy atom. The molecule has 0 spiro atoms. The fourth-order valence-electron chi connectivity index (χ4n) is 4.06. The van der Waals surface area contributed by atoms with Crippen molar-refractivity contribution in [1.29, 1.82) is 0 Å². The molecule has 37 heavy (non-hydrogen) atoms. The fraction of sp³-hybridized carbons (Fsp3) is 0.310. The molecule has 0 fully saturated rings. The predicted molar refractivity (Wildman–Crippen MR) is 134 cm³/mol. The minimum absolute atomic E-state index is 0.266. The minimum atomic E-state index is -4.36. The predicted octanol–water partition coefficient (Wildman–Crippen LogP) is 7.33. The van der Waals surface area contributed by atoms with Crippen molar-refractivity contribution in [3.63, 3.8) is 0 Å². The number of carbonyl (C=O) groups is 1. The quantitative estimate of drug-likeness (QED) is 0.232. The summed E-state index contributed by atoms with van der Waals surface area (Å²) in [4.78, 5) is 12.2. The van der Waals surface area contributed by atoms with Crippen molar-refractivity contribution in [3.05, 3.63) is 83.0 Å². The number of halogens is 3. The number of esters is 1. The zero-order valence-electron chi connectivity index (χ0n) is 21.1. The maximum absolute atomic E-state index is 12.9. The van der Waals surface area contributed by atoms with Crippen molar-refractivity contribution in [1.82, 2.24) is 5.16 Å². The zero-order valence-corrected chi connectivity index (χ0v) is 21.1. The lowest BCUT2D eigenvalue weighted by molar-refractivity contribution is -0.158. The topological polar surface area (TPSA) is 61.6 Å². The number of alkyl halides is 3. The standard InChI is InChI=1S/C29H28F3NO4/c1-5-35-27(34)28(3,4)36-25-17-26-23(15-18(25)2)24(33-37-26)14-9-19-7-6-8-21(16-19)20-10-12-22(13-11-20)29(30,31)32/h6-8,10-13,15-17H,5,9,14H2,1-4H3. The van der Waals surface area contributed by atoms with E-state index in [4.69, 9.17) is 14.0 Å². The van der Waals surface area contributed by atoms with E-state index in [0.29, 0.717) is 24.2 Å². The third-order valence-electron chi connectivity index (χ3n) is 6.10. The molecule has 0 saturated heterocycles. The summed E-state index contributed by atoms with van der Waals surface area (Å²) in [5.74, 6) is 0.0591. The van der Waals surface area contributed by atoms with Crippen LogP contribution in [-0.2, 0) is 28.5 Å². The van der Waals surface area contributed by atoms with Gasteiger partial charge in [-0.15, -0.1) is 0 Å². The molecule has 3 aromatic carbocycles. The number of hydrogen-bond acceptors (Lipinski definition) is 5. The molecule has 0 aliphatic heterocycles. The Morgan fingerprint density at radius 1 is 0.973 bits per heavy atom. The molecule has 0 radical (unpaired) electrons. The summed E-state index contributed by atoms with van der Waals surface area (Å²) in [6, 6.07) is 16.5. The lowest BCUT2D eigenvalue weighted by atomic mass is 9.99. The van der Waals surface area contributed by atoms with Crippen LogP contribution in [0.5, 0.6) is 5.75 Å². The number of rotatable bonds is 8. The average Bonchev–Trinajstić information content (AvgIpc) is 3.24. The molecular formula is C29H28F3NO4. The van der Waals surface area contributed by atoms with Crippen LogP contribution in [0.15, 0.2) is 65.2 Å². The SMILES string of the molecule is CCOC(=O)C(C)(C)Oc1cc2onc(CCc3cccc(-c4ccc(C(F)(F)F)cc4)c3)c2cc1C. The Labute approximate surface area is 213 Å². The van der Waals surface area contributed by atoms with Crippen LogP contribution in [0.3, 0.4) is 0 Å². The van der Waals surface area contributed by atoms with Gasteiger partial charge in [0, 0.05) is 11.5 Å². The monoisotopic (exact) mass is 511 g/mol. The molecule has 0 unspecified atom stereocenters. The largest absolute Gasteiger partial charge is 0.476 e. The highest BCUT2D eigenvalue weighted by molar-refractivity contribution is 5.83. The summed E-state index contributed by atoms with van der Waals surface area (Å²) in [7, 11) is 0. The molecule has 0 atom stereocenters. The molecule has 0 N–H and O–H groups in total. The van der Waals surface area contributed by atoms with Gasteiger partial charge >= 0.3 is 12.1 Å². The van der Waals surface area contributed by atoms with Gasteiger partial charge in [0.2, 0.25) is 0 Å². The molecule has 1 aromatic heterocycles. The smallest absolute Gasteiger partial charge is 0.416 e. The van der Waals surface area contributed by atoms with E-state index in [-0.39, 0.29) is 6.61 Å². The second-order valence-corrected chi connectivity index (χ2v) is 9.35. The maximum atomic E-state index is 12.9. The van der Waals surface area contributed by atoms with Gasteiger partial charge in [0.15, 0.2) is 11.2 Å². The highest BCUT2D eigenvalue weighted by Crippen LogP contribution is 2.33. The van der Waals surface area contributed by atoms with Crippen LogP contribution < -0.4 is 4.74 Å². The molecule has 0 saturated carbocycles. The van der Waals surface area contributed by atoms with Gasteiger partial charge in [-0.3, -0.25) is 0 Å². The van der Waals surface area contributed by atoms with Crippen molar-refractivity contribution in [2.45, 2.75) is 52.3 Å². The first-order valence-corrected chi connectivity index (χ1v) is 12.0. The number of benzene rings is 3. The van der Waals surface area contributed by atoms with Gasteiger partial charge in [-0.05, 0) is 81.0 Å². The van der Waals surface area contributed by atoms with Gasteiger partial charge in [0.25, 0.3) is 0 Å². The Bertz CT molecular complexity index is 1410. The lowest BCUT2D eigenvalue weighted by Gasteiger charge is -2.25. The summed E-state index contributed by atoms with van der Waals surface area (Å²) in [6.45, 7) is 7.20. The second kappa shape index (κ2) is 10.3. The first-order valence-electron chi connectivity index (χ1n) is 12.0. The van der Waals surface area contributed by atoms with E-state index in [1.54, 1.807) is 26.8 Å². The number of carbonyl (C=O) groups excluding carboxylic acids is 1. The van der Waals surface area contributed by atoms with Gasteiger partial charge < -0.3 is 14.0 Å². The van der Waals surface area contributed by atoms with Gasteiger partial charge in [-0.1, -0.05) is 41.6 Å². The molecule has 4 rings (SSSR count). The van der Waals surface area contributed by atoms with Crippen LogP contribution >= 0.6 is 0 Å². The summed E-state index contributed by atoms with van der Waals surface area (Å²) < 4.78 is 55.2. The van der Waals surface area contributed by atoms with E-state index in [0.717, 1.165) is 45.5 Å². The van der Waals surface area contributed by atoms with E-state index >= 15 is 0 Å². The Hall–Kier alpha value is -3.81. The zero-order chi connectivity index (χ0) is 26.8. The average molecular weight is 512 g/mol. The minimum Gasteiger partial charge on any atom is -0.476 e. The molecule has 0 aliphatic carbocycles. The van der Waals surface area contributed by atoms with Gasteiger partial charge in [-0.25, -0.2) is 4.79 Å². The third kappa shape index (κ3) is 5.96. The Kier molecular flexibility index (Phi) is 7.30. The first kappa shape index (κ1) is 26.3. The van der Waals surface area contributed by atoms with Gasteiger partial charge in [0.1, 0.15) is 5.75 Å². The van der Waals surface area contributed by atoms with Crippen LogP contribution in [0.25, 0.3) is 22.1 Å². The van der Waals surface area contributed by atoms with Crippen LogP contribution in [0.4, 0.5) is 13.2 Å². The summed E-state index contributed by atoms with van der Waals surface area (Å²) in [5.41, 5.74) is 2.94. The number of aromatic nitrogens is 1. The van der Waals surface area contributed by atoms with Crippen LogP contribution in [-0.4, -0.2) is 23.3 Å². The van der Waals surface area contributed by atoms with Crippen molar-refractivity contribution in [2.24, 2.45) is 0 Å². The molecule has 4 aromatic rings. The molecular weight excluding hydrogens is 483 g/mol. The molecule has 194 valence electrons. The van der Waals surface area contributed by atoms with E-state index in [2.05, 4.69) is 5.16 Å². The van der Waals surface area contributed by atoms with Gasteiger partial charge in [-0.2, -0.15) is 13.2 Å². The van der Waals surface area contributed by atoms with E-state index < -0.39 is 23.3 Å². The molecule has 1 heterocycles. The second-order valence-electron chi connectivity index (χ2n) is 9.35. The molecule has 5 nitrogen and oxygen atoms in total.